The lowest BCUT2D eigenvalue weighted by Gasteiger charge is -2.34. The maximum absolute atomic E-state index is 13.4. The zero-order valence-corrected chi connectivity index (χ0v) is 20.7. The number of H-pyrrole nitrogens is 1. The van der Waals surface area contributed by atoms with Gasteiger partial charge in [-0.05, 0) is 26.0 Å². The summed E-state index contributed by atoms with van der Waals surface area (Å²) in [6.07, 6.45) is 2.96. The molecule has 188 valence electrons. The van der Waals surface area contributed by atoms with Crippen molar-refractivity contribution in [2.24, 2.45) is 0 Å². The number of ketones is 1. The highest BCUT2D eigenvalue weighted by molar-refractivity contribution is 6.45. The molecule has 4 aromatic rings. The molecule has 0 radical (unpaired) electrons. The van der Waals surface area contributed by atoms with E-state index in [0.29, 0.717) is 58.5 Å². The van der Waals surface area contributed by atoms with Crippen molar-refractivity contribution in [3.8, 4) is 17.3 Å². The molecule has 1 fully saturated rings. The molecule has 11 heteroatoms. The summed E-state index contributed by atoms with van der Waals surface area (Å²) in [5.41, 5.74) is 1.67. The van der Waals surface area contributed by atoms with E-state index in [-0.39, 0.29) is 24.6 Å². The number of aromatic amines is 1. The molecule has 0 spiro atoms. The Hall–Kier alpha value is -4.67. The zero-order chi connectivity index (χ0) is 26.1. The number of pyridine rings is 1. The number of Topliss-reactive ketones (excluding diaryl/α,β-unsaturated/α-hetero) is 1. The Morgan fingerprint density at radius 2 is 1.57 bits per heavy atom. The van der Waals surface area contributed by atoms with E-state index >= 15 is 0 Å². The summed E-state index contributed by atoms with van der Waals surface area (Å²) in [7, 11) is 1.47. The van der Waals surface area contributed by atoms with E-state index in [1.807, 2.05) is 18.2 Å². The van der Waals surface area contributed by atoms with Crippen LogP contribution in [0.25, 0.3) is 22.4 Å². The van der Waals surface area contributed by atoms with Gasteiger partial charge in [0.25, 0.3) is 17.6 Å². The Bertz CT molecular complexity index is 1490. The third-order valence-corrected chi connectivity index (χ3v) is 6.28. The average molecular weight is 500 g/mol. The Balaban J connectivity index is 1.39. The highest BCUT2D eigenvalue weighted by Gasteiger charge is 2.31. The number of amides is 2. The second-order valence-corrected chi connectivity index (χ2v) is 8.66. The second kappa shape index (κ2) is 9.76. The second-order valence-electron chi connectivity index (χ2n) is 8.66. The molecule has 2 amide bonds. The summed E-state index contributed by atoms with van der Waals surface area (Å²) < 4.78 is 5.47. The molecule has 5 rings (SSSR count). The number of benzene rings is 1. The van der Waals surface area contributed by atoms with Crippen molar-refractivity contribution in [2.45, 2.75) is 13.8 Å². The largest absolute Gasteiger partial charge is 0.494 e. The number of aromatic nitrogens is 5. The van der Waals surface area contributed by atoms with Gasteiger partial charge >= 0.3 is 0 Å². The van der Waals surface area contributed by atoms with Crippen molar-refractivity contribution in [3.63, 3.8) is 0 Å². The van der Waals surface area contributed by atoms with Gasteiger partial charge in [0, 0.05) is 37.9 Å². The van der Waals surface area contributed by atoms with Crippen LogP contribution in [0, 0.1) is 13.8 Å². The minimum atomic E-state index is -0.674. The van der Waals surface area contributed by atoms with Gasteiger partial charge in [0.2, 0.25) is 0 Å². The zero-order valence-electron chi connectivity index (χ0n) is 20.7. The first-order valence-electron chi connectivity index (χ1n) is 11.8. The summed E-state index contributed by atoms with van der Waals surface area (Å²) >= 11 is 0. The fourth-order valence-corrected chi connectivity index (χ4v) is 4.48. The van der Waals surface area contributed by atoms with Gasteiger partial charge in [0.1, 0.15) is 23.1 Å². The van der Waals surface area contributed by atoms with Crippen LogP contribution < -0.4 is 4.74 Å². The molecule has 0 unspecified atom stereocenters. The maximum atomic E-state index is 13.4. The van der Waals surface area contributed by atoms with Crippen LogP contribution in [0.1, 0.15) is 32.4 Å². The SMILES string of the molecule is COc1cnc(-c2nc(C)nc(C)n2)c2[nH]cc(C(=O)C(=O)N3CCN(C(=O)c4ccccc4)CC3)c12. The van der Waals surface area contributed by atoms with E-state index in [2.05, 4.69) is 24.9 Å². The van der Waals surface area contributed by atoms with E-state index in [1.54, 1.807) is 30.9 Å². The Kier molecular flexibility index (Phi) is 6.34. The van der Waals surface area contributed by atoms with Crippen LogP contribution in [0.5, 0.6) is 5.75 Å². The number of ether oxygens (including phenoxy) is 1. The molecule has 0 aliphatic carbocycles. The van der Waals surface area contributed by atoms with Crippen LogP contribution in [-0.2, 0) is 4.79 Å². The summed E-state index contributed by atoms with van der Waals surface area (Å²) in [5.74, 6) is 0.366. The van der Waals surface area contributed by atoms with E-state index in [1.165, 1.54) is 24.4 Å². The molecule has 0 saturated carbocycles. The van der Waals surface area contributed by atoms with Gasteiger partial charge in [-0.3, -0.25) is 14.4 Å². The van der Waals surface area contributed by atoms with Crippen molar-refractivity contribution < 1.29 is 19.1 Å². The van der Waals surface area contributed by atoms with E-state index in [0.717, 1.165) is 0 Å². The molecule has 4 heterocycles. The first kappa shape index (κ1) is 24.0. The highest BCUT2D eigenvalue weighted by atomic mass is 16.5. The van der Waals surface area contributed by atoms with Crippen LogP contribution >= 0.6 is 0 Å². The molecule has 0 atom stereocenters. The number of methoxy groups -OCH3 is 1. The fourth-order valence-electron chi connectivity index (χ4n) is 4.48. The Morgan fingerprint density at radius 1 is 0.919 bits per heavy atom. The van der Waals surface area contributed by atoms with Gasteiger partial charge in [-0.2, -0.15) is 0 Å². The topological polar surface area (TPSA) is 134 Å². The Morgan fingerprint density at radius 3 is 2.22 bits per heavy atom. The molecule has 1 N–H and O–H groups in total. The summed E-state index contributed by atoms with van der Waals surface area (Å²) in [5, 5.41) is 0.430. The van der Waals surface area contributed by atoms with Gasteiger partial charge in [-0.25, -0.2) is 19.9 Å². The van der Waals surface area contributed by atoms with Gasteiger partial charge < -0.3 is 19.5 Å². The molecule has 11 nitrogen and oxygen atoms in total. The van der Waals surface area contributed by atoms with Crippen molar-refractivity contribution in [1.29, 1.82) is 0 Å². The third kappa shape index (κ3) is 4.51. The predicted octanol–water partition coefficient (Wildman–Crippen LogP) is 2.21. The minimum absolute atomic E-state index is 0.0933. The van der Waals surface area contributed by atoms with Gasteiger partial charge in [-0.1, -0.05) is 18.2 Å². The molecular weight excluding hydrogens is 474 g/mol. The average Bonchev–Trinajstić information content (AvgIpc) is 3.37. The number of carbonyl (C=O) groups is 3. The number of hydrogen-bond donors (Lipinski definition) is 1. The molecule has 0 bridgehead atoms. The van der Waals surface area contributed by atoms with Crippen molar-refractivity contribution in [3.05, 3.63) is 65.5 Å². The van der Waals surface area contributed by atoms with Crippen LogP contribution in [0.3, 0.4) is 0 Å². The summed E-state index contributed by atoms with van der Waals surface area (Å²) in [4.78, 5) is 62.9. The third-order valence-electron chi connectivity index (χ3n) is 6.28. The lowest BCUT2D eigenvalue weighted by molar-refractivity contribution is -0.127. The number of nitrogens with zero attached hydrogens (tertiary/aromatic N) is 6. The molecular formula is C26H25N7O4. The summed E-state index contributed by atoms with van der Waals surface area (Å²) in [6.45, 7) is 4.73. The van der Waals surface area contributed by atoms with Crippen molar-refractivity contribution in [2.75, 3.05) is 33.3 Å². The fraction of sp³-hybridized carbons (Fsp3) is 0.269. The number of carbonyl (C=O) groups excluding carboxylic acids is 3. The van der Waals surface area contributed by atoms with Crippen LogP contribution in [0.2, 0.25) is 0 Å². The molecule has 1 aliphatic rings. The number of nitrogens with one attached hydrogen (secondary N) is 1. The van der Waals surface area contributed by atoms with Crippen LogP contribution in [0.4, 0.5) is 0 Å². The quantitative estimate of drug-likeness (QED) is 0.326. The normalized spacial score (nSPS) is 13.6. The number of hydrogen-bond acceptors (Lipinski definition) is 8. The minimum Gasteiger partial charge on any atom is -0.494 e. The maximum Gasteiger partial charge on any atom is 0.295 e. The van der Waals surface area contributed by atoms with E-state index in [9.17, 15) is 14.4 Å². The first-order chi connectivity index (χ1) is 17.9. The van der Waals surface area contributed by atoms with Gasteiger partial charge in [0.05, 0.1) is 29.8 Å². The summed E-state index contributed by atoms with van der Waals surface area (Å²) in [6, 6.07) is 8.99. The number of fused-ring (bicyclic) bond motifs is 1. The molecule has 37 heavy (non-hydrogen) atoms. The number of aryl methyl sites for hydroxylation is 2. The van der Waals surface area contributed by atoms with Gasteiger partial charge in [0.15, 0.2) is 5.82 Å². The van der Waals surface area contributed by atoms with E-state index in [4.69, 9.17) is 4.74 Å². The Labute approximate surface area is 212 Å². The molecule has 1 saturated heterocycles. The predicted molar refractivity (Wildman–Crippen MR) is 134 cm³/mol. The highest BCUT2D eigenvalue weighted by Crippen LogP contribution is 2.33. The van der Waals surface area contributed by atoms with Crippen LogP contribution in [0.15, 0.2) is 42.7 Å². The van der Waals surface area contributed by atoms with E-state index < -0.39 is 11.7 Å². The standard InChI is InChI=1S/C26H25N7O4/c1-15-29-16(2)31-24(30-15)22-21-20(19(37-3)14-28-22)18(13-27-21)23(34)26(36)33-11-9-32(10-12-33)25(35)17-7-5-4-6-8-17/h4-8,13-14,27H,9-12H2,1-3H3. The van der Waals surface area contributed by atoms with Crippen LogP contribution in [-0.4, -0.2) is 85.6 Å². The smallest absolute Gasteiger partial charge is 0.295 e. The monoisotopic (exact) mass is 499 g/mol. The lowest BCUT2D eigenvalue weighted by atomic mass is 10.1. The van der Waals surface area contributed by atoms with Gasteiger partial charge in [-0.15, -0.1) is 0 Å². The number of rotatable bonds is 5. The number of piperazine rings is 1. The van der Waals surface area contributed by atoms with Crippen molar-refractivity contribution >= 4 is 28.5 Å². The molecule has 1 aliphatic heterocycles. The first-order valence-corrected chi connectivity index (χ1v) is 11.8. The lowest BCUT2D eigenvalue weighted by Crippen LogP contribution is -2.52. The molecule has 3 aromatic heterocycles. The van der Waals surface area contributed by atoms with Crippen molar-refractivity contribution in [1.82, 2.24) is 34.7 Å². The molecule has 1 aromatic carbocycles.